The van der Waals surface area contributed by atoms with Crippen molar-refractivity contribution in [3.05, 3.63) is 9.87 Å². The molecule has 36 valence electrons. The van der Waals surface area contributed by atoms with Gasteiger partial charge in [-0.25, -0.2) is 0 Å². The van der Waals surface area contributed by atoms with Crippen molar-refractivity contribution in [3.8, 4) is 0 Å². The van der Waals surface area contributed by atoms with E-state index >= 15 is 0 Å². The van der Waals surface area contributed by atoms with Crippen molar-refractivity contribution in [2.45, 2.75) is 0 Å². The van der Waals surface area contributed by atoms with Gasteiger partial charge in [-0.3, -0.25) is 0 Å². The van der Waals surface area contributed by atoms with Crippen LogP contribution in [0.3, 0.4) is 0 Å². The summed E-state index contributed by atoms with van der Waals surface area (Å²) in [5, 5.41) is 8.40. The Morgan fingerprint density at radius 3 is 1.67 bits per heavy atom. The highest BCUT2D eigenvalue weighted by molar-refractivity contribution is 6.58. The smallest absolute Gasteiger partial charge is 0.138 e. The summed E-state index contributed by atoms with van der Waals surface area (Å²) in [5.74, 6) is 0. The zero-order valence-corrected chi connectivity index (χ0v) is 6.72. The average Bonchev–Trinajstić information content (AvgIpc) is 1.36. The Morgan fingerprint density at radius 1 is 1.50 bits per heavy atom. The van der Waals surface area contributed by atoms with E-state index in [1.54, 1.807) is 0 Å². The summed E-state index contributed by atoms with van der Waals surface area (Å²) in [4.78, 5) is 0. The number of hydrogen-bond acceptors (Lipinski definition) is 1. The lowest BCUT2D eigenvalue weighted by molar-refractivity contribution is 0.452. The molecule has 0 atom stereocenters. The first-order valence-electron chi connectivity index (χ1n) is 1.35. The third-order valence-electron chi connectivity index (χ3n) is 0.273. The van der Waals surface area contributed by atoms with Crippen molar-refractivity contribution in [1.29, 1.82) is 0 Å². The second kappa shape index (κ2) is 2.50. The van der Waals surface area contributed by atoms with Gasteiger partial charge >= 0.3 is 0 Å². The van der Waals surface area contributed by atoms with E-state index in [1.165, 1.54) is 0 Å². The highest BCUT2D eigenvalue weighted by atomic mass is 35.5. The van der Waals surface area contributed by atoms with Gasteiger partial charge in [0.1, 0.15) is 4.49 Å². The molecule has 1 nitrogen and oxygen atoms in total. The Kier molecular flexibility index (Phi) is 2.64. The number of aliphatic hydroxyl groups excluding tert-OH is 1. The normalized spacial score (nSPS) is 8.33. The number of hydrogen-bond donors (Lipinski definition) is 1. The molecular weight excluding hydrogens is 139 g/mol. The molecule has 0 radical (unpaired) electrons. The fourth-order valence-electron chi connectivity index (χ4n) is 0. The monoisotopic (exact) mass is 142 g/mol. The van der Waals surface area contributed by atoms with Gasteiger partial charge in [-0.05, 0) is 0 Å². The number of halogens is 2. The van der Waals surface area contributed by atoms with Crippen LogP contribution in [0.5, 0.6) is 0 Å². The van der Waals surface area contributed by atoms with E-state index in [0.29, 0.717) is 10.2 Å². The van der Waals surface area contributed by atoms with E-state index in [9.17, 15) is 0 Å². The van der Waals surface area contributed by atoms with Gasteiger partial charge in [0.05, 0.1) is 15.6 Å². The van der Waals surface area contributed by atoms with Crippen LogP contribution in [0.1, 0.15) is 0 Å². The van der Waals surface area contributed by atoms with Crippen LogP contribution in [0.2, 0.25) is 0 Å². The zero-order valence-electron chi connectivity index (χ0n) is 3.20. The SMILES string of the molecule is OC([SiH3])=C(Cl)Cl. The molecule has 0 fully saturated rings. The second-order valence-corrected chi connectivity index (χ2v) is 2.74. The number of rotatable bonds is 0. The molecule has 4 heteroatoms. The molecule has 0 aromatic heterocycles. The molecule has 0 saturated carbocycles. The molecule has 0 aromatic carbocycles. The Morgan fingerprint density at radius 2 is 1.67 bits per heavy atom. The Balaban J connectivity index is 3.68. The predicted molar refractivity (Wildman–Crippen MR) is 31.3 cm³/mol. The van der Waals surface area contributed by atoms with Crippen LogP contribution in [-0.4, -0.2) is 15.3 Å². The summed E-state index contributed by atoms with van der Waals surface area (Å²) in [6.45, 7) is 0. The zero-order chi connectivity index (χ0) is 5.15. The van der Waals surface area contributed by atoms with E-state index in [1.807, 2.05) is 0 Å². The first kappa shape index (κ1) is 6.34. The van der Waals surface area contributed by atoms with Crippen LogP contribution in [0.25, 0.3) is 0 Å². The van der Waals surface area contributed by atoms with Gasteiger partial charge in [0.25, 0.3) is 0 Å². The highest BCUT2D eigenvalue weighted by Crippen LogP contribution is 2.07. The minimum Gasteiger partial charge on any atom is -0.516 e. The molecule has 0 aliphatic rings. The van der Waals surface area contributed by atoms with Crippen molar-refractivity contribution in [2.24, 2.45) is 0 Å². The molecule has 6 heavy (non-hydrogen) atoms. The van der Waals surface area contributed by atoms with Crippen LogP contribution in [0.15, 0.2) is 9.87 Å². The summed E-state index contributed by atoms with van der Waals surface area (Å²) < 4.78 is -0.0123. The van der Waals surface area contributed by atoms with E-state index in [4.69, 9.17) is 28.3 Å². The summed E-state index contributed by atoms with van der Waals surface area (Å²) in [7, 11) is 0.525. The van der Waals surface area contributed by atoms with Crippen molar-refractivity contribution in [3.63, 3.8) is 0 Å². The lowest BCUT2D eigenvalue weighted by Crippen LogP contribution is -1.74. The molecule has 0 aliphatic heterocycles. The largest absolute Gasteiger partial charge is 0.516 e. The Bertz CT molecular complexity index is 61.6. The fourth-order valence-corrected chi connectivity index (χ4v) is 0. The molecule has 0 heterocycles. The van der Waals surface area contributed by atoms with E-state index < -0.39 is 0 Å². The summed E-state index contributed by atoms with van der Waals surface area (Å²) in [6, 6.07) is 0. The van der Waals surface area contributed by atoms with Gasteiger partial charge in [0.15, 0.2) is 0 Å². The quantitative estimate of drug-likeness (QED) is 0.387. The predicted octanol–water partition coefficient (Wildman–Crippen LogP) is 0.514. The van der Waals surface area contributed by atoms with E-state index in [0.717, 1.165) is 0 Å². The second-order valence-electron chi connectivity index (χ2n) is 0.846. The molecule has 1 N–H and O–H groups in total. The van der Waals surface area contributed by atoms with Gasteiger partial charge < -0.3 is 5.11 Å². The van der Waals surface area contributed by atoms with Crippen LogP contribution >= 0.6 is 23.2 Å². The lowest BCUT2D eigenvalue weighted by Gasteiger charge is -1.82. The van der Waals surface area contributed by atoms with E-state index in [2.05, 4.69) is 0 Å². The molecule has 0 saturated heterocycles. The summed E-state index contributed by atoms with van der Waals surface area (Å²) >= 11 is 10.1. The molecule has 0 spiro atoms. The standard InChI is InChI=1S/C2H4Cl2OSi/c3-1(4)2(5)6/h5H,6H3. The number of aliphatic hydroxyl groups is 1. The molecule has 0 unspecified atom stereocenters. The van der Waals surface area contributed by atoms with Gasteiger partial charge in [-0.2, -0.15) is 0 Å². The Hall–Kier alpha value is 0.337. The van der Waals surface area contributed by atoms with Gasteiger partial charge in [0.2, 0.25) is 0 Å². The highest BCUT2D eigenvalue weighted by Gasteiger charge is 1.85. The lowest BCUT2D eigenvalue weighted by atomic mass is 11.1. The molecule has 0 aromatic rings. The minimum atomic E-state index is -0.0123. The van der Waals surface area contributed by atoms with Crippen LogP contribution in [0, 0.1) is 0 Å². The molecule has 0 amide bonds. The van der Waals surface area contributed by atoms with Gasteiger partial charge in [-0.1, -0.05) is 23.2 Å². The fraction of sp³-hybridized carbons (Fsp3) is 0. The summed E-state index contributed by atoms with van der Waals surface area (Å²) in [6.07, 6.45) is 0. The summed E-state index contributed by atoms with van der Waals surface area (Å²) in [5.41, 5.74) is 0. The molecular formula is C2H4Cl2OSi. The van der Waals surface area contributed by atoms with Crippen LogP contribution < -0.4 is 0 Å². The Labute approximate surface area is 49.0 Å². The maximum absolute atomic E-state index is 8.31. The molecule has 0 rings (SSSR count). The maximum Gasteiger partial charge on any atom is 0.138 e. The van der Waals surface area contributed by atoms with Crippen molar-refractivity contribution >= 4 is 33.4 Å². The average molecular weight is 143 g/mol. The van der Waals surface area contributed by atoms with Crippen LogP contribution in [0.4, 0.5) is 0 Å². The third kappa shape index (κ3) is 2.57. The van der Waals surface area contributed by atoms with Crippen molar-refractivity contribution in [2.75, 3.05) is 0 Å². The first-order valence-corrected chi connectivity index (χ1v) is 3.11. The van der Waals surface area contributed by atoms with Crippen molar-refractivity contribution < 1.29 is 5.11 Å². The minimum absolute atomic E-state index is 0.0123. The van der Waals surface area contributed by atoms with Gasteiger partial charge in [0, 0.05) is 0 Å². The van der Waals surface area contributed by atoms with Crippen LogP contribution in [-0.2, 0) is 0 Å². The van der Waals surface area contributed by atoms with E-state index in [-0.39, 0.29) is 9.87 Å². The first-order chi connectivity index (χ1) is 2.64. The van der Waals surface area contributed by atoms with Gasteiger partial charge in [-0.15, -0.1) is 0 Å². The third-order valence-corrected chi connectivity index (χ3v) is 1.95. The molecule has 0 aliphatic carbocycles. The maximum atomic E-state index is 8.31. The topological polar surface area (TPSA) is 20.2 Å². The molecule has 0 bridgehead atoms. The van der Waals surface area contributed by atoms with Crippen molar-refractivity contribution in [1.82, 2.24) is 0 Å².